The molecule has 0 radical (unpaired) electrons. The van der Waals surface area contributed by atoms with Crippen LogP contribution in [0.3, 0.4) is 0 Å². The highest BCUT2D eigenvalue weighted by molar-refractivity contribution is 7.99. The first-order valence-corrected chi connectivity index (χ1v) is 6.33. The van der Waals surface area contributed by atoms with E-state index in [1.54, 1.807) is 24.0 Å². The smallest absolute Gasteiger partial charge is 0.193 e. The summed E-state index contributed by atoms with van der Waals surface area (Å²) in [7, 11) is 0. The van der Waals surface area contributed by atoms with Gasteiger partial charge in [0.1, 0.15) is 0 Å². The number of aromatic nitrogens is 2. The molecule has 0 saturated heterocycles. The number of nitrogens with zero attached hydrogens (tertiary/aromatic N) is 2. The van der Waals surface area contributed by atoms with Crippen LogP contribution in [0, 0.1) is 0 Å². The molecule has 2 aromatic rings. The molecule has 0 aliphatic carbocycles. The van der Waals surface area contributed by atoms with Crippen LogP contribution in [0.5, 0.6) is 0 Å². The Labute approximate surface area is 104 Å². The van der Waals surface area contributed by atoms with Crippen molar-refractivity contribution >= 4 is 18.0 Å². The van der Waals surface area contributed by atoms with Crippen molar-refractivity contribution in [2.24, 2.45) is 0 Å². The Morgan fingerprint density at radius 3 is 2.65 bits per heavy atom. The molecule has 0 aliphatic rings. The monoisotopic (exact) mass is 244 g/mol. The van der Waals surface area contributed by atoms with Crippen LogP contribution in [-0.4, -0.2) is 22.0 Å². The van der Waals surface area contributed by atoms with Crippen molar-refractivity contribution in [3.8, 4) is 11.3 Å². The number of aldehydes is 1. The molecule has 86 valence electrons. The quantitative estimate of drug-likeness (QED) is 0.612. The van der Waals surface area contributed by atoms with Gasteiger partial charge in [-0.25, -0.2) is 9.97 Å². The molecule has 0 unspecified atom stereocenters. The van der Waals surface area contributed by atoms with Gasteiger partial charge in [0.15, 0.2) is 12.1 Å². The highest BCUT2D eigenvalue weighted by Crippen LogP contribution is 2.22. The van der Waals surface area contributed by atoms with Crippen LogP contribution >= 0.6 is 11.8 Å². The van der Waals surface area contributed by atoms with Gasteiger partial charge in [-0.1, -0.05) is 19.1 Å². The molecule has 0 bridgehead atoms. The summed E-state index contributed by atoms with van der Waals surface area (Å²) in [6, 6.07) is 9.94. The van der Waals surface area contributed by atoms with Crippen molar-refractivity contribution in [1.82, 2.24) is 9.97 Å². The maximum Gasteiger partial charge on any atom is 0.193 e. The zero-order valence-electron chi connectivity index (χ0n) is 9.46. The summed E-state index contributed by atoms with van der Waals surface area (Å²) in [5, 5.41) is 0. The van der Waals surface area contributed by atoms with E-state index in [0.29, 0.717) is 6.29 Å². The Bertz CT molecular complexity index is 511. The molecule has 4 heteroatoms. The van der Waals surface area contributed by atoms with Gasteiger partial charge in [-0.3, -0.25) is 4.79 Å². The third-order valence-corrected chi connectivity index (χ3v) is 3.13. The second-order valence-electron chi connectivity index (χ2n) is 3.38. The van der Waals surface area contributed by atoms with Gasteiger partial charge >= 0.3 is 0 Å². The van der Waals surface area contributed by atoms with Gasteiger partial charge in [-0.05, 0) is 24.0 Å². The summed E-state index contributed by atoms with van der Waals surface area (Å²) in [4.78, 5) is 19.8. The van der Waals surface area contributed by atoms with E-state index in [1.807, 2.05) is 12.1 Å². The molecule has 0 atom stereocenters. The van der Waals surface area contributed by atoms with E-state index in [0.717, 1.165) is 17.0 Å². The normalized spacial score (nSPS) is 10.2. The highest BCUT2D eigenvalue weighted by atomic mass is 32.2. The maximum atomic E-state index is 10.6. The Kier molecular flexibility index (Phi) is 3.88. The molecule has 0 aliphatic heterocycles. The highest BCUT2D eigenvalue weighted by Gasteiger charge is 2.01. The molecule has 17 heavy (non-hydrogen) atoms. The maximum absolute atomic E-state index is 10.6. The van der Waals surface area contributed by atoms with Gasteiger partial charge in [0.05, 0.1) is 5.69 Å². The second kappa shape index (κ2) is 5.59. The zero-order valence-corrected chi connectivity index (χ0v) is 10.3. The van der Waals surface area contributed by atoms with Crippen molar-refractivity contribution < 1.29 is 4.79 Å². The average molecular weight is 244 g/mol. The molecule has 0 N–H and O–H groups in total. The molecule has 0 amide bonds. The lowest BCUT2D eigenvalue weighted by Crippen LogP contribution is -1.93. The summed E-state index contributed by atoms with van der Waals surface area (Å²) in [5.74, 6) is 1.27. The molecule has 0 spiro atoms. The number of hydrogen-bond acceptors (Lipinski definition) is 4. The summed E-state index contributed by atoms with van der Waals surface area (Å²) < 4.78 is 0. The summed E-state index contributed by atoms with van der Waals surface area (Å²) >= 11 is 1.80. The van der Waals surface area contributed by atoms with E-state index in [9.17, 15) is 4.79 Å². The minimum Gasteiger partial charge on any atom is -0.294 e. The summed E-state index contributed by atoms with van der Waals surface area (Å²) in [5.41, 5.74) is 1.77. The van der Waals surface area contributed by atoms with Crippen LogP contribution in [0.25, 0.3) is 11.3 Å². The Hall–Kier alpha value is -1.68. The van der Waals surface area contributed by atoms with Crippen LogP contribution in [0.15, 0.2) is 41.4 Å². The lowest BCUT2D eigenvalue weighted by atomic mass is 10.1. The number of carbonyl (C=O) groups excluding carboxylic acids is 1. The summed E-state index contributed by atoms with van der Waals surface area (Å²) in [6.07, 6.45) is 2.26. The fourth-order valence-corrected chi connectivity index (χ4v) is 2.14. The molecular weight excluding hydrogens is 232 g/mol. The third kappa shape index (κ3) is 2.91. The Morgan fingerprint density at radius 1 is 1.24 bits per heavy atom. The lowest BCUT2D eigenvalue weighted by molar-refractivity contribution is 0.111. The topological polar surface area (TPSA) is 42.9 Å². The lowest BCUT2D eigenvalue weighted by Gasteiger charge is -2.02. The minimum atomic E-state index is 0.217. The predicted octanol–water partition coefficient (Wildman–Crippen LogP) is 3.07. The number of carbonyl (C=O) groups is 1. The first-order chi connectivity index (χ1) is 8.33. The first kappa shape index (κ1) is 11.8. The number of hydrogen-bond donors (Lipinski definition) is 0. The molecular formula is C13H12N2OS. The van der Waals surface area contributed by atoms with Gasteiger partial charge in [0.25, 0.3) is 0 Å². The average Bonchev–Trinajstić information content (AvgIpc) is 2.40. The minimum absolute atomic E-state index is 0.217. The number of thioether (sulfide) groups is 1. The van der Waals surface area contributed by atoms with Gasteiger partial charge in [0, 0.05) is 16.7 Å². The van der Waals surface area contributed by atoms with Crippen molar-refractivity contribution in [3.63, 3.8) is 0 Å². The van der Waals surface area contributed by atoms with E-state index < -0.39 is 0 Å². The van der Waals surface area contributed by atoms with Crippen molar-refractivity contribution in [1.29, 1.82) is 0 Å². The summed E-state index contributed by atoms with van der Waals surface area (Å²) in [6.45, 7) is 2.12. The molecule has 2 rings (SSSR count). The van der Waals surface area contributed by atoms with Gasteiger partial charge in [-0.2, -0.15) is 0 Å². The van der Waals surface area contributed by atoms with Crippen molar-refractivity contribution in [2.45, 2.75) is 11.8 Å². The molecule has 0 fully saturated rings. The van der Waals surface area contributed by atoms with Crippen LogP contribution < -0.4 is 0 Å². The van der Waals surface area contributed by atoms with Gasteiger partial charge < -0.3 is 0 Å². The van der Waals surface area contributed by atoms with Crippen LogP contribution in [0.1, 0.15) is 17.5 Å². The van der Waals surface area contributed by atoms with Crippen molar-refractivity contribution in [3.05, 3.63) is 42.4 Å². The largest absolute Gasteiger partial charge is 0.294 e. The van der Waals surface area contributed by atoms with E-state index in [2.05, 4.69) is 29.0 Å². The number of rotatable bonds is 4. The Morgan fingerprint density at radius 2 is 2.00 bits per heavy atom. The molecule has 1 heterocycles. The molecule has 1 aromatic heterocycles. The number of benzene rings is 1. The molecule has 1 aromatic carbocycles. The van der Waals surface area contributed by atoms with Gasteiger partial charge in [-0.15, -0.1) is 11.8 Å². The second-order valence-corrected chi connectivity index (χ2v) is 4.71. The third-order valence-electron chi connectivity index (χ3n) is 2.24. The molecule has 0 saturated carbocycles. The SMILES string of the molecule is CCSc1ccc(-c2ccnc(C=O)n2)cc1. The first-order valence-electron chi connectivity index (χ1n) is 5.35. The standard InChI is InChI=1S/C13H12N2OS/c1-2-17-11-5-3-10(4-6-11)12-7-8-14-13(9-16)15-12/h3-9H,2H2,1H3. The van der Waals surface area contributed by atoms with E-state index in [-0.39, 0.29) is 5.82 Å². The fraction of sp³-hybridized carbons (Fsp3) is 0.154. The fourth-order valence-electron chi connectivity index (χ4n) is 1.48. The van der Waals surface area contributed by atoms with Crippen molar-refractivity contribution in [2.75, 3.05) is 5.75 Å². The van der Waals surface area contributed by atoms with Gasteiger partial charge in [0.2, 0.25) is 0 Å². The van der Waals surface area contributed by atoms with E-state index in [4.69, 9.17) is 0 Å². The molecule has 3 nitrogen and oxygen atoms in total. The predicted molar refractivity (Wildman–Crippen MR) is 69.3 cm³/mol. The van der Waals surface area contributed by atoms with Crippen LogP contribution in [0.4, 0.5) is 0 Å². The van der Waals surface area contributed by atoms with Crippen LogP contribution in [0.2, 0.25) is 0 Å². The van der Waals surface area contributed by atoms with E-state index >= 15 is 0 Å². The van der Waals surface area contributed by atoms with Crippen LogP contribution in [-0.2, 0) is 0 Å². The van der Waals surface area contributed by atoms with E-state index in [1.165, 1.54) is 4.90 Å². The Balaban J connectivity index is 2.29. The zero-order chi connectivity index (χ0) is 12.1.